The summed E-state index contributed by atoms with van der Waals surface area (Å²) in [5.41, 5.74) is 14.9. The summed E-state index contributed by atoms with van der Waals surface area (Å²) in [5, 5.41) is 14.3. The molecule has 2 aromatic heterocycles. The maximum Gasteiger partial charge on any atom is 0.274 e. The van der Waals surface area contributed by atoms with E-state index in [0.717, 1.165) is 38.3 Å². The Hall–Kier alpha value is -4.01. The van der Waals surface area contributed by atoms with Crippen LogP contribution in [0, 0.1) is 6.92 Å². The minimum atomic E-state index is -0.539. The van der Waals surface area contributed by atoms with Crippen molar-refractivity contribution in [3.8, 4) is 22.5 Å². The first-order valence-electron chi connectivity index (χ1n) is 10.3. The third kappa shape index (κ3) is 4.21. The lowest BCUT2D eigenvalue weighted by Gasteiger charge is -2.09. The Morgan fingerprint density at radius 2 is 1.88 bits per heavy atom. The average molecular weight is 456 g/mol. The molecule has 8 heteroatoms. The Morgan fingerprint density at radius 1 is 1.06 bits per heavy atom. The predicted molar refractivity (Wildman–Crippen MR) is 130 cm³/mol. The maximum absolute atomic E-state index is 11.6. The van der Waals surface area contributed by atoms with Crippen LogP contribution in [0.15, 0.2) is 72.8 Å². The molecule has 33 heavy (non-hydrogen) atoms. The molecule has 0 unspecified atom stereocenters. The summed E-state index contributed by atoms with van der Waals surface area (Å²) in [5.74, 6) is -0.539. The lowest BCUT2D eigenvalue weighted by Crippen LogP contribution is -2.18. The SMILES string of the molecule is Cc1cccc(-c2cc(-c3ccc4nc(N)sc4c3)nn2Cc2ccc(C(=O)NO)cc2)c1. The van der Waals surface area contributed by atoms with E-state index in [4.69, 9.17) is 16.0 Å². The summed E-state index contributed by atoms with van der Waals surface area (Å²) in [4.78, 5) is 16.0. The topological polar surface area (TPSA) is 106 Å². The molecule has 0 atom stereocenters. The first-order valence-corrected chi connectivity index (χ1v) is 11.2. The average Bonchev–Trinajstić information content (AvgIpc) is 3.41. The lowest BCUT2D eigenvalue weighted by molar-refractivity contribution is 0.0706. The highest BCUT2D eigenvalue weighted by molar-refractivity contribution is 7.22. The van der Waals surface area contributed by atoms with Crippen molar-refractivity contribution in [2.45, 2.75) is 13.5 Å². The number of hydroxylamine groups is 1. The third-order valence-corrected chi connectivity index (χ3v) is 6.29. The number of nitrogens with zero attached hydrogens (tertiary/aromatic N) is 3. The number of carbonyl (C=O) groups excluding carboxylic acids is 1. The van der Waals surface area contributed by atoms with E-state index in [9.17, 15) is 4.79 Å². The number of fused-ring (bicyclic) bond motifs is 1. The van der Waals surface area contributed by atoms with E-state index in [2.05, 4.69) is 42.2 Å². The molecule has 0 spiro atoms. The Morgan fingerprint density at radius 3 is 2.64 bits per heavy atom. The number of benzene rings is 3. The molecule has 0 radical (unpaired) electrons. The highest BCUT2D eigenvalue weighted by Gasteiger charge is 2.14. The van der Waals surface area contributed by atoms with Crippen LogP contribution in [0.1, 0.15) is 21.5 Å². The number of hydrogen-bond acceptors (Lipinski definition) is 6. The second kappa shape index (κ2) is 8.50. The van der Waals surface area contributed by atoms with Gasteiger partial charge in [0.25, 0.3) is 5.91 Å². The summed E-state index contributed by atoms with van der Waals surface area (Å²) in [7, 11) is 0. The second-order valence-corrected chi connectivity index (χ2v) is 8.88. The first kappa shape index (κ1) is 20.9. The van der Waals surface area contributed by atoms with Gasteiger partial charge in [0.1, 0.15) is 0 Å². The number of aromatic nitrogens is 3. The number of carbonyl (C=O) groups is 1. The van der Waals surface area contributed by atoms with E-state index in [0.29, 0.717) is 17.2 Å². The lowest BCUT2D eigenvalue weighted by atomic mass is 10.1. The van der Waals surface area contributed by atoms with Crippen LogP contribution in [-0.4, -0.2) is 25.9 Å². The quantitative estimate of drug-likeness (QED) is 0.259. The fourth-order valence-electron chi connectivity index (χ4n) is 3.82. The van der Waals surface area contributed by atoms with E-state index in [1.165, 1.54) is 16.9 Å². The molecular formula is C25H21N5O2S. The van der Waals surface area contributed by atoms with Crippen LogP contribution < -0.4 is 11.2 Å². The number of anilines is 1. The maximum atomic E-state index is 11.6. The normalized spacial score (nSPS) is 11.1. The van der Waals surface area contributed by atoms with Crippen molar-refractivity contribution in [1.82, 2.24) is 20.2 Å². The van der Waals surface area contributed by atoms with Gasteiger partial charge in [-0.1, -0.05) is 53.3 Å². The zero-order chi connectivity index (χ0) is 22.9. The van der Waals surface area contributed by atoms with Crippen molar-refractivity contribution in [3.05, 3.63) is 89.5 Å². The Bertz CT molecular complexity index is 1470. The molecule has 5 aromatic rings. The van der Waals surface area contributed by atoms with Crippen molar-refractivity contribution < 1.29 is 10.0 Å². The van der Waals surface area contributed by atoms with Crippen molar-refractivity contribution in [2.75, 3.05) is 5.73 Å². The predicted octanol–water partition coefficient (Wildman–Crippen LogP) is 4.88. The van der Waals surface area contributed by atoms with Gasteiger partial charge in [-0.3, -0.25) is 14.7 Å². The molecule has 2 heterocycles. The Balaban J connectivity index is 1.56. The molecule has 0 fully saturated rings. The number of amides is 1. The zero-order valence-electron chi connectivity index (χ0n) is 17.8. The molecule has 4 N–H and O–H groups in total. The number of thiazole rings is 1. The van der Waals surface area contributed by atoms with Crippen LogP contribution in [0.25, 0.3) is 32.7 Å². The minimum absolute atomic E-state index is 0.387. The van der Waals surface area contributed by atoms with Crippen LogP contribution >= 0.6 is 11.3 Å². The fraction of sp³-hybridized carbons (Fsp3) is 0.0800. The van der Waals surface area contributed by atoms with Crippen molar-refractivity contribution in [2.24, 2.45) is 0 Å². The van der Waals surface area contributed by atoms with Crippen LogP contribution in [0.2, 0.25) is 0 Å². The standard InChI is InChI=1S/C25H21N5O2S/c1-15-3-2-4-19(11-15)22-13-21(18-9-10-20-23(12-18)33-25(26)27-20)28-30(22)14-16-5-7-17(8-6-16)24(31)29-32/h2-13,32H,14H2,1H3,(H2,26,27)(H,29,31). The van der Waals surface area contributed by atoms with Gasteiger partial charge in [0, 0.05) is 16.7 Å². The molecule has 0 aliphatic heterocycles. The van der Waals surface area contributed by atoms with Gasteiger partial charge < -0.3 is 5.73 Å². The molecule has 3 aromatic carbocycles. The number of nitrogen functional groups attached to an aromatic ring is 1. The number of rotatable bonds is 5. The van der Waals surface area contributed by atoms with E-state index in [-0.39, 0.29) is 0 Å². The smallest absolute Gasteiger partial charge is 0.274 e. The number of aryl methyl sites for hydroxylation is 1. The van der Waals surface area contributed by atoms with Crippen molar-refractivity contribution in [1.29, 1.82) is 0 Å². The van der Waals surface area contributed by atoms with Gasteiger partial charge in [-0.05, 0) is 48.9 Å². The fourth-order valence-corrected chi connectivity index (χ4v) is 4.59. The highest BCUT2D eigenvalue weighted by atomic mass is 32.1. The number of hydrogen-bond donors (Lipinski definition) is 3. The molecule has 164 valence electrons. The van der Waals surface area contributed by atoms with E-state index < -0.39 is 5.91 Å². The zero-order valence-corrected chi connectivity index (χ0v) is 18.6. The van der Waals surface area contributed by atoms with Crippen LogP contribution in [0.5, 0.6) is 0 Å². The van der Waals surface area contributed by atoms with Gasteiger partial charge in [-0.15, -0.1) is 0 Å². The Labute approximate surface area is 194 Å². The highest BCUT2D eigenvalue weighted by Crippen LogP contribution is 2.31. The number of nitrogens with one attached hydrogen (secondary N) is 1. The summed E-state index contributed by atoms with van der Waals surface area (Å²) in [6, 6.07) is 23.5. The molecule has 0 saturated carbocycles. The summed E-state index contributed by atoms with van der Waals surface area (Å²) in [6.07, 6.45) is 0. The van der Waals surface area contributed by atoms with Crippen LogP contribution in [0.3, 0.4) is 0 Å². The third-order valence-electron chi connectivity index (χ3n) is 5.44. The van der Waals surface area contributed by atoms with E-state index in [1.54, 1.807) is 17.6 Å². The first-order chi connectivity index (χ1) is 16.0. The summed E-state index contributed by atoms with van der Waals surface area (Å²) < 4.78 is 2.99. The summed E-state index contributed by atoms with van der Waals surface area (Å²) >= 11 is 1.46. The van der Waals surface area contributed by atoms with Crippen LogP contribution in [-0.2, 0) is 6.54 Å². The minimum Gasteiger partial charge on any atom is -0.375 e. The summed E-state index contributed by atoms with van der Waals surface area (Å²) in [6.45, 7) is 2.60. The van der Waals surface area contributed by atoms with Gasteiger partial charge in [-0.2, -0.15) is 5.10 Å². The Kier molecular flexibility index (Phi) is 5.37. The van der Waals surface area contributed by atoms with E-state index >= 15 is 0 Å². The van der Waals surface area contributed by atoms with Gasteiger partial charge >= 0.3 is 0 Å². The van der Waals surface area contributed by atoms with Gasteiger partial charge in [0.05, 0.1) is 28.1 Å². The monoisotopic (exact) mass is 455 g/mol. The van der Waals surface area contributed by atoms with Gasteiger partial charge in [0.2, 0.25) is 0 Å². The molecule has 5 rings (SSSR count). The van der Waals surface area contributed by atoms with Crippen molar-refractivity contribution in [3.63, 3.8) is 0 Å². The largest absolute Gasteiger partial charge is 0.375 e. The molecule has 1 amide bonds. The molecule has 0 saturated heterocycles. The molecular weight excluding hydrogens is 434 g/mol. The van der Waals surface area contributed by atoms with E-state index in [1.807, 2.05) is 35.0 Å². The van der Waals surface area contributed by atoms with Crippen LogP contribution in [0.4, 0.5) is 5.13 Å². The van der Waals surface area contributed by atoms with Gasteiger partial charge in [0.15, 0.2) is 5.13 Å². The van der Waals surface area contributed by atoms with Crippen molar-refractivity contribution >= 4 is 32.6 Å². The van der Waals surface area contributed by atoms with Gasteiger partial charge in [-0.25, -0.2) is 10.5 Å². The molecule has 0 bridgehead atoms. The molecule has 7 nitrogen and oxygen atoms in total. The molecule has 0 aliphatic carbocycles. The molecule has 0 aliphatic rings. The number of nitrogens with two attached hydrogens (primary N) is 1. The second-order valence-electron chi connectivity index (χ2n) is 7.81.